The third-order valence-electron chi connectivity index (χ3n) is 3.09. The van der Waals surface area contributed by atoms with Gasteiger partial charge in [-0.1, -0.05) is 64.7 Å². The van der Waals surface area contributed by atoms with Crippen LogP contribution < -0.4 is 35.3 Å². The predicted molar refractivity (Wildman–Crippen MR) is 85.4 cm³/mol. The minimum absolute atomic E-state index is 0. The molecule has 0 fully saturated rings. The van der Waals surface area contributed by atoms with Gasteiger partial charge in [-0.25, -0.2) is 0 Å². The molecule has 0 saturated carbocycles. The summed E-state index contributed by atoms with van der Waals surface area (Å²) >= 11 is 0. The van der Waals surface area contributed by atoms with E-state index in [-0.39, 0.29) is 29.6 Å². The molecule has 0 bridgehead atoms. The van der Waals surface area contributed by atoms with Gasteiger partial charge in [0.15, 0.2) is 0 Å². The number of hydrogen-bond donors (Lipinski definition) is 3. The third kappa shape index (κ3) is 26.8. The van der Waals surface area contributed by atoms with Gasteiger partial charge < -0.3 is 20.7 Å². The van der Waals surface area contributed by atoms with E-state index in [1.54, 1.807) is 0 Å². The summed E-state index contributed by atoms with van der Waals surface area (Å²) in [6.45, 7) is 2.25. The van der Waals surface area contributed by atoms with Crippen molar-refractivity contribution < 1.29 is 54.2 Å². The van der Waals surface area contributed by atoms with Crippen molar-refractivity contribution in [1.82, 2.24) is 0 Å². The Morgan fingerprint density at radius 1 is 0.957 bits per heavy atom. The largest absolute Gasteiger partial charge is 1.00 e. The second-order valence-corrected chi connectivity index (χ2v) is 5.27. The van der Waals surface area contributed by atoms with Crippen molar-refractivity contribution in [3.8, 4) is 0 Å². The van der Waals surface area contributed by atoms with Gasteiger partial charge in [-0.2, -0.15) is 6.42 Å². The van der Waals surface area contributed by atoms with Gasteiger partial charge in [0.1, 0.15) is 6.04 Å². The molecule has 7 heteroatoms. The van der Waals surface area contributed by atoms with Gasteiger partial charge in [0, 0.05) is 0 Å². The molecule has 0 aliphatic carbocycles. The van der Waals surface area contributed by atoms with E-state index >= 15 is 0 Å². The standard InChI is InChI=1S/C12H23O.C4H7NO4.Na/c1-2-3-4-5-6-7-8-9-10-11-12-13;5-2(4(8)9)1-3(6)7;/h2-11H2,1H3;2H,1,5H2,(H,6,7)(H,8,9);/q-1;;+1. The molecule has 4 N–H and O–H groups in total. The van der Waals surface area contributed by atoms with Gasteiger partial charge >= 0.3 is 41.5 Å². The Balaban J connectivity index is -0.000000354. The quantitative estimate of drug-likeness (QED) is 0.245. The van der Waals surface area contributed by atoms with Crippen LogP contribution in [0.4, 0.5) is 0 Å². The fourth-order valence-corrected chi connectivity index (χ4v) is 1.78. The first-order valence-corrected chi connectivity index (χ1v) is 8.00. The summed E-state index contributed by atoms with van der Waals surface area (Å²) in [5, 5.41) is 16.0. The minimum Gasteiger partial charge on any atom is -0.542 e. The van der Waals surface area contributed by atoms with Crippen LogP contribution in [0.25, 0.3) is 0 Å². The zero-order valence-electron chi connectivity index (χ0n) is 14.6. The summed E-state index contributed by atoms with van der Waals surface area (Å²) in [4.78, 5) is 29.5. The van der Waals surface area contributed by atoms with Gasteiger partial charge in [0.05, 0.1) is 6.42 Å². The van der Waals surface area contributed by atoms with E-state index in [4.69, 9.17) is 15.9 Å². The first-order valence-electron chi connectivity index (χ1n) is 8.00. The molecule has 0 aliphatic rings. The van der Waals surface area contributed by atoms with Crippen molar-refractivity contribution in [3.05, 3.63) is 0 Å². The first kappa shape index (κ1) is 27.4. The van der Waals surface area contributed by atoms with Crippen molar-refractivity contribution >= 4 is 18.2 Å². The number of hydrogen-bond acceptors (Lipinski definition) is 4. The van der Waals surface area contributed by atoms with Crippen LogP contribution in [-0.2, 0) is 14.4 Å². The van der Waals surface area contributed by atoms with E-state index in [1.165, 1.54) is 51.4 Å². The van der Waals surface area contributed by atoms with Gasteiger partial charge in [-0.05, 0) is 0 Å². The Morgan fingerprint density at radius 2 is 1.39 bits per heavy atom. The molecule has 0 spiro atoms. The summed E-state index contributed by atoms with van der Waals surface area (Å²) in [5.41, 5.74) is 4.84. The van der Waals surface area contributed by atoms with Crippen molar-refractivity contribution in [1.29, 1.82) is 0 Å². The van der Waals surface area contributed by atoms with Gasteiger partial charge in [0.25, 0.3) is 0 Å². The summed E-state index contributed by atoms with van der Waals surface area (Å²) in [7, 11) is 0. The molecule has 6 nitrogen and oxygen atoms in total. The number of nitrogens with two attached hydrogens (primary N) is 1. The third-order valence-corrected chi connectivity index (χ3v) is 3.09. The monoisotopic (exact) mass is 339 g/mol. The van der Waals surface area contributed by atoms with Crippen molar-refractivity contribution in [2.45, 2.75) is 83.6 Å². The average Bonchev–Trinajstić information content (AvgIpc) is 2.45. The van der Waals surface area contributed by atoms with Crippen molar-refractivity contribution in [3.63, 3.8) is 0 Å². The molecular weight excluding hydrogens is 309 g/mol. The van der Waals surface area contributed by atoms with Crippen LogP contribution in [0.15, 0.2) is 0 Å². The molecule has 0 saturated heterocycles. The number of aliphatic carboxylic acids is 2. The molecule has 1 unspecified atom stereocenters. The number of carboxylic acid groups (broad SMARTS) is 2. The zero-order valence-corrected chi connectivity index (χ0v) is 16.6. The summed E-state index contributed by atoms with van der Waals surface area (Å²) in [6.07, 6.45) is 13.8. The summed E-state index contributed by atoms with van der Waals surface area (Å²) in [5.74, 6) is -2.50. The maximum Gasteiger partial charge on any atom is 1.00 e. The molecule has 0 aliphatic heterocycles. The second kappa shape index (κ2) is 21.6. The molecule has 23 heavy (non-hydrogen) atoms. The molecule has 1 atom stereocenters. The molecule has 0 aromatic heterocycles. The summed E-state index contributed by atoms with van der Waals surface area (Å²) < 4.78 is 0. The Kier molecular flexibility index (Phi) is 25.7. The fourth-order valence-electron chi connectivity index (χ4n) is 1.78. The minimum atomic E-state index is -1.29. The van der Waals surface area contributed by atoms with E-state index < -0.39 is 24.4 Å². The van der Waals surface area contributed by atoms with Gasteiger partial charge in [0.2, 0.25) is 0 Å². The van der Waals surface area contributed by atoms with E-state index in [2.05, 4.69) is 6.92 Å². The number of carbonyl (C=O) groups is 2. The average molecular weight is 339 g/mol. The molecule has 0 aromatic rings. The Morgan fingerprint density at radius 3 is 1.70 bits per heavy atom. The summed E-state index contributed by atoms with van der Waals surface area (Å²) in [6, 6.07) is -1.29. The maximum absolute atomic E-state index is 9.89. The molecule has 0 aromatic carbocycles. The molecule has 0 heterocycles. The topological polar surface area (TPSA) is 118 Å². The second-order valence-electron chi connectivity index (χ2n) is 5.27. The van der Waals surface area contributed by atoms with Crippen LogP contribution in [-0.4, -0.2) is 34.5 Å². The maximum atomic E-state index is 9.89. The Hall–Kier alpha value is -0.430. The molecule has 0 radical (unpaired) electrons. The number of rotatable bonds is 13. The van der Waals surface area contributed by atoms with Crippen molar-refractivity contribution in [2.75, 3.05) is 0 Å². The zero-order chi connectivity index (χ0) is 17.2. The smallest absolute Gasteiger partial charge is 0.542 e. The number of carbonyl (C=O) groups excluding carboxylic acids is 1. The van der Waals surface area contributed by atoms with E-state index in [0.29, 0.717) is 6.42 Å². The Bertz CT molecular complexity index is 300. The molecule has 0 rings (SSSR count). The predicted octanol–water partition coefficient (Wildman–Crippen LogP) is -0.106. The number of carboxylic acids is 2. The fraction of sp³-hybridized carbons (Fsp3) is 0.812. The van der Waals surface area contributed by atoms with Crippen LogP contribution >= 0.6 is 0 Å². The van der Waals surface area contributed by atoms with E-state index in [9.17, 15) is 14.4 Å². The van der Waals surface area contributed by atoms with E-state index in [1.807, 2.05) is 6.29 Å². The van der Waals surface area contributed by atoms with Crippen LogP contribution in [0.3, 0.4) is 0 Å². The SMILES string of the molecule is CCCCCCCCCCC[C-]=O.NC(CC(=O)O)C(=O)O.[Na+]. The van der Waals surface area contributed by atoms with Crippen LogP contribution in [0, 0.1) is 0 Å². The van der Waals surface area contributed by atoms with Crippen LogP contribution in [0.1, 0.15) is 77.6 Å². The Labute approximate surface area is 161 Å². The normalized spacial score (nSPS) is 10.7. The van der Waals surface area contributed by atoms with Crippen LogP contribution in [0.2, 0.25) is 0 Å². The van der Waals surface area contributed by atoms with Crippen LogP contribution in [0.5, 0.6) is 0 Å². The first-order chi connectivity index (χ1) is 10.5. The van der Waals surface area contributed by atoms with Gasteiger partial charge in [-0.3, -0.25) is 15.9 Å². The molecular formula is C16H30NNaO5. The molecule has 0 amide bonds. The van der Waals surface area contributed by atoms with Gasteiger partial charge in [-0.15, -0.1) is 0 Å². The van der Waals surface area contributed by atoms with Crippen molar-refractivity contribution in [2.24, 2.45) is 5.73 Å². The van der Waals surface area contributed by atoms with E-state index in [0.717, 1.165) is 6.42 Å². The molecule has 130 valence electrons. The number of unbranched alkanes of at least 4 members (excludes halogenated alkanes) is 9.